The first-order valence-electron chi connectivity index (χ1n) is 11.9. The second-order valence-electron chi connectivity index (χ2n) is 14.2. The molecule has 10 heteroatoms. The van der Waals surface area contributed by atoms with E-state index in [0.717, 1.165) is 26.2 Å². The summed E-state index contributed by atoms with van der Waals surface area (Å²) in [6, 6.07) is 0. The van der Waals surface area contributed by atoms with E-state index in [1.807, 2.05) is 0 Å². The fourth-order valence-corrected chi connectivity index (χ4v) is 0.853. The molecule has 0 saturated heterocycles. The van der Waals surface area contributed by atoms with Crippen molar-refractivity contribution in [2.75, 3.05) is 61.4 Å². The third kappa shape index (κ3) is 240. The van der Waals surface area contributed by atoms with Gasteiger partial charge in [-0.05, 0) is 35.2 Å². The maximum Gasteiger partial charge on any atom is 2.00 e. The molecule has 202 valence electrons. The minimum Gasteiger partial charge on any atom is -0.342 e. The molecule has 0 saturated carbocycles. The van der Waals surface area contributed by atoms with Gasteiger partial charge >= 0.3 is 126 Å². The van der Waals surface area contributed by atoms with E-state index >= 15 is 0 Å². The molecule has 0 fully saturated rings. The van der Waals surface area contributed by atoms with Gasteiger partial charge in [0.25, 0.3) is 0 Å². The van der Waals surface area contributed by atoms with Crippen molar-refractivity contribution in [1.82, 2.24) is 14.7 Å². The molecular formula is C25H67K2MgN3Si4. The van der Waals surface area contributed by atoms with Gasteiger partial charge in [0.1, 0.15) is 0 Å². The van der Waals surface area contributed by atoms with Crippen LogP contribution in [0.15, 0.2) is 0 Å². The van der Waals surface area contributed by atoms with Gasteiger partial charge < -0.3 is 40.9 Å². The Labute approximate surface area is 332 Å². The molecule has 0 spiro atoms. The molecule has 0 aliphatic carbocycles. The molecule has 0 radical (unpaired) electrons. The normalized spacial score (nSPS) is 11.0. The monoisotopic (exact) mass is 623 g/mol. The molecular weight excluding hydrogens is 557 g/mol. The molecule has 0 amide bonds. The largest absolute Gasteiger partial charge is 2.00 e. The van der Waals surface area contributed by atoms with Crippen LogP contribution in [0.1, 0.15) is 0 Å². The molecule has 0 heterocycles. The molecule has 0 aliphatic rings. The zero-order valence-electron chi connectivity index (χ0n) is 28.7. The van der Waals surface area contributed by atoms with Crippen LogP contribution in [0.5, 0.6) is 0 Å². The predicted octanol–water partition coefficient (Wildman–Crippen LogP) is 0.460. The number of nitrogens with zero attached hydrogens (tertiary/aromatic N) is 3. The fraction of sp³-hybridized carbons (Fsp3) is 0.840. The molecule has 0 rings (SSSR count). The predicted molar refractivity (Wildman–Crippen MR) is 175 cm³/mol. The van der Waals surface area contributed by atoms with E-state index in [1.54, 1.807) is 0 Å². The van der Waals surface area contributed by atoms with Gasteiger partial charge in [-0.15, -0.1) is 32.3 Å². The van der Waals surface area contributed by atoms with Crippen LogP contribution in [0, 0.1) is 26.2 Å². The van der Waals surface area contributed by atoms with Crippen LogP contribution in [0.2, 0.25) is 78.6 Å². The van der Waals surface area contributed by atoms with Crippen LogP contribution >= 0.6 is 0 Å². The number of rotatable bonds is 6. The minimum absolute atomic E-state index is 0. The van der Waals surface area contributed by atoms with Crippen molar-refractivity contribution in [2.45, 2.75) is 78.6 Å². The standard InChI is InChI=1S/C9H23N3.4C4H11Si.2K.Mg/c1-10(2)6-8-12(5)9-7-11(3)4;4*1-5(2,3)4;;;/h6-9H2,1-5H3;4*1H2,2-4H3;;;/q;4*-1;2*+1;+2. The summed E-state index contributed by atoms with van der Waals surface area (Å²) in [5, 5.41) is 0. The SMILES string of the molecule is CN(C)CCN(C)CCN(C)C.[CH2-][Si](C)(C)C.[CH2-][Si](C)(C)C.[CH2-][Si](C)(C)C.[CH2-][Si](C)(C)C.[K+].[K+].[Mg+2]. The second kappa shape index (κ2) is 31.7. The number of hydrogen-bond acceptors (Lipinski definition) is 3. The Hall–Kier alpha value is 4.79. The summed E-state index contributed by atoms with van der Waals surface area (Å²) in [6.45, 7) is 46.8. The summed E-state index contributed by atoms with van der Waals surface area (Å²) in [5.41, 5.74) is 0. The van der Waals surface area contributed by atoms with Gasteiger partial charge in [-0.3, -0.25) is 0 Å². The van der Waals surface area contributed by atoms with Crippen molar-refractivity contribution in [2.24, 2.45) is 0 Å². The molecule has 0 aromatic rings. The first-order chi connectivity index (χ1) is 13.5. The van der Waals surface area contributed by atoms with Crippen LogP contribution < -0.4 is 103 Å². The van der Waals surface area contributed by atoms with E-state index in [4.69, 9.17) is 0 Å². The van der Waals surface area contributed by atoms with Crippen molar-refractivity contribution >= 4 is 55.3 Å². The van der Waals surface area contributed by atoms with Crippen LogP contribution in [0.25, 0.3) is 0 Å². The van der Waals surface area contributed by atoms with Gasteiger partial charge in [0.15, 0.2) is 0 Å². The van der Waals surface area contributed by atoms with E-state index in [2.05, 4.69) is 155 Å². The molecule has 0 aliphatic heterocycles. The number of likely N-dealkylation sites (N-methyl/N-ethyl adjacent to an activating group) is 3. The molecule has 0 bridgehead atoms. The Morgan fingerprint density at radius 1 is 0.400 bits per heavy atom. The molecule has 35 heavy (non-hydrogen) atoms. The average Bonchev–Trinajstić information content (AvgIpc) is 2.35. The Morgan fingerprint density at radius 2 is 0.514 bits per heavy atom. The summed E-state index contributed by atoms with van der Waals surface area (Å²) >= 11 is 0. The third-order valence-corrected chi connectivity index (χ3v) is 1.86. The van der Waals surface area contributed by atoms with E-state index in [0.29, 0.717) is 0 Å². The summed E-state index contributed by atoms with van der Waals surface area (Å²) < 4.78 is 0. The van der Waals surface area contributed by atoms with Crippen molar-refractivity contribution in [3.05, 3.63) is 26.2 Å². The summed E-state index contributed by atoms with van der Waals surface area (Å²) in [4.78, 5) is 6.79. The first kappa shape index (κ1) is 59.2. The maximum absolute atomic E-state index is 3.91. The molecule has 0 atom stereocenters. The summed E-state index contributed by atoms with van der Waals surface area (Å²) in [6.07, 6.45) is 0. The Bertz CT molecular complexity index is 308. The Kier molecular flexibility index (Phi) is 53.7. The Morgan fingerprint density at radius 3 is 0.600 bits per heavy atom. The van der Waals surface area contributed by atoms with Crippen LogP contribution in [-0.4, -0.2) is 131 Å². The van der Waals surface area contributed by atoms with Gasteiger partial charge in [0.05, 0.1) is 0 Å². The van der Waals surface area contributed by atoms with E-state index in [9.17, 15) is 0 Å². The van der Waals surface area contributed by atoms with Crippen LogP contribution in [0.3, 0.4) is 0 Å². The molecule has 0 unspecified atom stereocenters. The van der Waals surface area contributed by atoms with Gasteiger partial charge in [0.2, 0.25) is 0 Å². The molecule has 3 nitrogen and oxygen atoms in total. The van der Waals surface area contributed by atoms with Crippen LogP contribution in [0.4, 0.5) is 0 Å². The topological polar surface area (TPSA) is 9.72 Å². The Balaban J connectivity index is -0.0000000455. The zero-order valence-corrected chi connectivity index (χ0v) is 40.4. The zero-order chi connectivity index (χ0) is 27.6. The second-order valence-corrected chi connectivity index (χ2v) is 34.6. The number of hydrogen-bond donors (Lipinski definition) is 0. The average molecular weight is 625 g/mol. The van der Waals surface area contributed by atoms with E-state index in [1.165, 1.54) is 0 Å². The van der Waals surface area contributed by atoms with Crippen molar-refractivity contribution < 1.29 is 103 Å². The quantitative estimate of drug-likeness (QED) is 0.315. The van der Waals surface area contributed by atoms with Crippen LogP contribution in [-0.2, 0) is 0 Å². The van der Waals surface area contributed by atoms with Gasteiger partial charge in [-0.2, -0.15) is 0 Å². The summed E-state index contributed by atoms with van der Waals surface area (Å²) in [7, 11) is 7.17. The summed E-state index contributed by atoms with van der Waals surface area (Å²) in [5.74, 6) is 0. The molecule has 0 N–H and O–H groups in total. The fourth-order valence-electron chi connectivity index (χ4n) is 0.853. The first-order valence-corrected chi connectivity index (χ1v) is 26.7. The maximum atomic E-state index is 3.91. The van der Waals surface area contributed by atoms with Crippen molar-refractivity contribution in [3.8, 4) is 0 Å². The smallest absolute Gasteiger partial charge is 0.342 e. The van der Waals surface area contributed by atoms with E-state index in [-0.39, 0.29) is 126 Å². The van der Waals surface area contributed by atoms with Gasteiger partial charge in [-0.25, -0.2) is 0 Å². The van der Waals surface area contributed by atoms with Gasteiger partial charge in [-0.1, -0.05) is 78.6 Å². The van der Waals surface area contributed by atoms with E-state index < -0.39 is 32.3 Å². The van der Waals surface area contributed by atoms with Crippen molar-refractivity contribution in [3.63, 3.8) is 0 Å². The molecule has 0 aromatic heterocycles. The third-order valence-electron chi connectivity index (χ3n) is 1.86. The molecule has 0 aromatic carbocycles. The minimum atomic E-state index is -0.861. The van der Waals surface area contributed by atoms with Gasteiger partial charge in [0, 0.05) is 26.2 Å². The van der Waals surface area contributed by atoms with Crippen molar-refractivity contribution in [1.29, 1.82) is 0 Å².